The van der Waals surface area contributed by atoms with Crippen molar-refractivity contribution >= 4 is 47.2 Å². The van der Waals surface area contributed by atoms with Crippen molar-refractivity contribution in [1.29, 1.82) is 0 Å². The molecule has 0 amide bonds. The monoisotopic (exact) mass is 326 g/mol. The van der Waals surface area contributed by atoms with Crippen molar-refractivity contribution in [2.75, 3.05) is 28.8 Å². The molecule has 0 aromatic rings. The van der Waals surface area contributed by atoms with Crippen LogP contribution in [0, 0.1) is 0 Å². The van der Waals surface area contributed by atoms with E-state index in [9.17, 15) is 9.59 Å². The Morgan fingerprint density at radius 3 is 2.11 bits per heavy atom. The Hall–Kier alpha value is -0.0100. The zero-order chi connectivity index (χ0) is 14.5. The van der Waals surface area contributed by atoms with Crippen LogP contribution in [-0.4, -0.2) is 56.2 Å². The lowest BCUT2D eigenvalue weighted by atomic mass is 10.3. The molecule has 0 saturated heterocycles. The predicted octanol–water partition coefficient (Wildman–Crippen LogP) is 2.91. The molecule has 0 aromatic carbocycles. The molecule has 0 saturated carbocycles. The number of unbranched alkanes of at least 4 members (excludes halogenated alkanes) is 1. The maximum Gasteiger partial charge on any atom is 0.317 e. The number of thioether (sulfide) groups is 3. The predicted molar refractivity (Wildman–Crippen MR) is 85.7 cm³/mol. The fourth-order valence-corrected chi connectivity index (χ4v) is 4.58. The second-order valence-electron chi connectivity index (χ2n) is 3.87. The van der Waals surface area contributed by atoms with Crippen LogP contribution in [0.2, 0.25) is 0 Å². The number of aliphatic carboxylic acids is 2. The number of hydrogen-bond donors (Lipinski definition) is 2. The van der Waals surface area contributed by atoms with E-state index in [1.807, 2.05) is 11.8 Å². The summed E-state index contributed by atoms with van der Waals surface area (Å²) in [7, 11) is 0. The first-order chi connectivity index (χ1) is 9.07. The summed E-state index contributed by atoms with van der Waals surface area (Å²) >= 11 is 4.98. The van der Waals surface area contributed by atoms with Crippen molar-refractivity contribution in [3.63, 3.8) is 0 Å². The van der Waals surface area contributed by atoms with E-state index in [1.165, 1.54) is 30.4 Å². The Labute approximate surface area is 127 Å². The van der Waals surface area contributed by atoms with Gasteiger partial charge in [0, 0.05) is 23.0 Å². The van der Waals surface area contributed by atoms with Crippen molar-refractivity contribution in [2.45, 2.75) is 31.4 Å². The quantitative estimate of drug-likeness (QED) is 0.504. The van der Waals surface area contributed by atoms with Gasteiger partial charge in [-0.3, -0.25) is 9.59 Å². The minimum atomic E-state index is -1.06. The highest BCUT2D eigenvalue weighted by Crippen LogP contribution is 2.18. The van der Waals surface area contributed by atoms with Gasteiger partial charge in [0.15, 0.2) is 0 Å². The smallest absolute Gasteiger partial charge is 0.317 e. The van der Waals surface area contributed by atoms with Crippen molar-refractivity contribution in [3.05, 3.63) is 0 Å². The molecule has 0 heterocycles. The van der Waals surface area contributed by atoms with Crippen LogP contribution >= 0.6 is 35.3 Å². The van der Waals surface area contributed by atoms with Gasteiger partial charge in [-0.25, -0.2) is 0 Å². The molecule has 0 aliphatic carbocycles. The molecule has 19 heavy (non-hydrogen) atoms. The van der Waals surface area contributed by atoms with E-state index in [0.29, 0.717) is 5.75 Å². The van der Waals surface area contributed by atoms with Crippen LogP contribution in [0.3, 0.4) is 0 Å². The third kappa shape index (κ3) is 12.8. The number of hydrogen-bond acceptors (Lipinski definition) is 5. The van der Waals surface area contributed by atoms with Gasteiger partial charge in [-0.2, -0.15) is 23.5 Å². The van der Waals surface area contributed by atoms with Crippen LogP contribution in [0.25, 0.3) is 0 Å². The second kappa shape index (κ2) is 13.0. The summed E-state index contributed by atoms with van der Waals surface area (Å²) in [4.78, 5) is 21.3. The van der Waals surface area contributed by atoms with Crippen LogP contribution in [0.5, 0.6) is 0 Å². The summed E-state index contributed by atoms with van der Waals surface area (Å²) in [6, 6.07) is 0. The molecule has 0 aliphatic rings. The van der Waals surface area contributed by atoms with E-state index in [0.717, 1.165) is 17.3 Å². The Kier molecular flexibility index (Phi) is 13.0. The van der Waals surface area contributed by atoms with Crippen LogP contribution in [0.4, 0.5) is 0 Å². The fraction of sp³-hybridized carbons (Fsp3) is 0.833. The van der Waals surface area contributed by atoms with Crippen molar-refractivity contribution < 1.29 is 19.8 Å². The molecular formula is C12H22O4S3. The largest absolute Gasteiger partial charge is 0.481 e. The summed E-state index contributed by atoms with van der Waals surface area (Å²) in [5, 5.41) is 16.6. The molecule has 7 heteroatoms. The summed E-state index contributed by atoms with van der Waals surface area (Å²) in [5.41, 5.74) is 0. The van der Waals surface area contributed by atoms with E-state index >= 15 is 0 Å². The van der Waals surface area contributed by atoms with Gasteiger partial charge in [-0.05, 0) is 12.2 Å². The highest BCUT2D eigenvalue weighted by molar-refractivity contribution is 8.04. The van der Waals surface area contributed by atoms with Gasteiger partial charge < -0.3 is 10.2 Å². The minimum Gasteiger partial charge on any atom is -0.481 e. The highest BCUT2D eigenvalue weighted by atomic mass is 32.2. The summed E-state index contributed by atoms with van der Waals surface area (Å²) in [6.07, 6.45) is 2.19. The molecular weight excluding hydrogens is 304 g/mol. The molecule has 0 rings (SSSR count). The van der Waals surface area contributed by atoms with Crippen LogP contribution in [-0.2, 0) is 9.59 Å². The molecule has 0 fully saturated rings. The maximum absolute atomic E-state index is 10.8. The molecule has 0 radical (unpaired) electrons. The standard InChI is InChI=1S/C12H22O4S3/c1-2-3-4-17-5-6-18-7-8-19-10(12(15)16)9-11(13)14/h10H,2-9H2,1H3,(H,13,14)(H,15,16). The summed E-state index contributed by atoms with van der Waals surface area (Å²) < 4.78 is 0. The molecule has 4 nitrogen and oxygen atoms in total. The van der Waals surface area contributed by atoms with E-state index in [1.54, 1.807) is 11.8 Å². The molecule has 112 valence electrons. The maximum atomic E-state index is 10.8. The summed E-state index contributed by atoms with van der Waals surface area (Å²) in [6.45, 7) is 2.18. The van der Waals surface area contributed by atoms with Crippen molar-refractivity contribution in [3.8, 4) is 0 Å². The van der Waals surface area contributed by atoms with E-state index in [-0.39, 0.29) is 6.42 Å². The fourth-order valence-electron chi connectivity index (χ4n) is 1.19. The van der Waals surface area contributed by atoms with Gasteiger partial charge in [0.05, 0.1) is 6.42 Å². The Morgan fingerprint density at radius 1 is 1.00 bits per heavy atom. The lowest BCUT2D eigenvalue weighted by Crippen LogP contribution is -2.21. The highest BCUT2D eigenvalue weighted by Gasteiger charge is 2.20. The topological polar surface area (TPSA) is 74.6 Å². The first-order valence-electron chi connectivity index (χ1n) is 6.29. The van der Waals surface area contributed by atoms with Gasteiger partial charge in [-0.15, -0.1) is 11.8 Å². The van der Waals surface area contributed by atoms with E-state index in [4.69, 9.17) is 10.2 Å². The van der Waals surface area contributed by atoms with Crippen molar-refractivity contribution in [1.82, 2.24) is 0 Å². The Balaban J connectivity index is 3.45. The van der Waals surface area contributed by atoms with Gasteiger partial charge in [0.25, 0.3) is 0 Å². The van der Waals surface area contributed by atoms with Gasteiger partial charge in [-0.1, -0.05) is 13.3 Å². The van der Waals surface area contributed by atoms with Gasteiger partial charge in [0.2, 0.25) is 0 Å². The third-order valence-electron chi connectivity index (χ3n) is 2.20. The first-order valence-corrected chi connectivity index (χ1v) is 9.65. The molecule has 1 unspecified atom stereocenters. The van der Waals surface area contributed by atoms with Crippen LogP contribution < -0.4 is 0 Å². The third-order valence-corrected chi connectivity index (χ3v) is 5.98. The number of rotatable bonds is 13. The SMILES string of the molecule is CCCCSCCSCCSC(CC(=O)O)C(=O)O. The zero-order valence-electron chi connectivity index (χ0n) is 11.2. The molecule has 2 N–H and O–H groups in total. The second-order valence-corrected chi connectivity index (χ2v) is 7.63. The van der Waals surface area contributed by atoms with Gasteiger partial charge >= 0.3 is 11.9 Å². The molecule has 0 aromatic heterocycles. The van der Waals surface area contributed by atoms with Gasteiger partial charge in [0.1, 0.15) is 5.25 Å². The lowest BCUT2D eigenvalue weighted by Gasteiger charge is -2.09. The van der Waals surface area contributed by atoms with E-state index < -0.39 is 17.2 Å². The number of carboxylic acids is 2. The molecule has 1 atom stereocenters. The average Bonchev–Trinajstić information content (AvgIpc) is 2.34. The Morgan fingerprint density at radius 2 is 1.58 bits per heavy atom. The molecule has 0 aliphatic heterocycles. The number of carbonyl (C=O) groups is 2. The lowest BCUT2D eigenvalue weighted by molar-refractivity contribution is -0.142. The first kappa shape index (κ1) is 19.0. The summed E-state index contributed by atoms with van der Waals surface area (Å²) in [5.74, 6) is 2.90. The normalized spacial score (nSPS) is 12.3. The minimum absolute atomic E-state index is 0.308. The van der Waals surface area contributed by atoms with Crippen LogP contribution in [0.1, 0.15) is 26.2 Å². The molecule has 0 spiro atoms. The zero-order valence-corrected chi connectivity index (χ0v) is 13.6. The Bertz CT molecular complexity index is 261. The molecule has 0 bridgehead atoms. The average molecular weight is 327 g/mol. The van der Waals surface area contributed by atoms with Crippen LogP contribution in [0.15, 0.2) is 0 Å². The van der Waals surface area contributed by atoms with E-state index in [2.05, 4.69) is 6.92 Å². The van der Waals surface area contributed by atoms with Crippen molar-refractivity contribution in [2.24, 2.45) is 0 Å². The number of carboxylic acid groups (broad SMARTS) is 2.